The van der Waals surface area contributed by atoms with Crippen molar-refractivity contribution < 1.29 is 5.11 Å². The van der Waals surface area contributed by atoms with Crippen LogP contribution in [0, 0.1) is 29.6 Å². The highest BCUT2D eigenvalue weighted by Gasteiger charge is 2.37. The summed E-state index contributed by atoms with van der Waals surface area (Å²) >= 11 is 0. The Morgan fingerprint density at radius 2 is 1.11 bits per heavy atom. The molecular weight excluding hydrogens is 220 g/mol. The van der Waals surface area contributed by atoms with Gasteiger partial charge in [-0.3, -0.25) is 0 Å². The van der Waals surface area contributed by atoms with Gasteiger partial charge in [0.1, 0.15) is 0 Å². The van der Waals surface area contributed by atoms with Crippen molar-refractivity contribution >= 4 is 0 Å². The molecule has 3 aliphatic rings. The molecule has 3 saturated carbocycles. The first-order valence-electron chi connectivity index (χ1n) is 8.40. The van der Waals surface area contributed by atoms with Gasteiger partial charge in [-0.2, -0.15) is 0 Å². The molecule has 104 valence electrons. The zero-order valence-corrected chi connectivity index (χ0v) is 12.0. The molecule has 1 N–H and O–H groups in total. The van der Waals surface area contributed by atoms with Crippen molar-refractivity contribution in [3.8, 4) is 0 Å². The van der Waals surface area contributed by atoms with Crippen LogP contribution in [0.2, 0.25) is 0 Å². The average molecular weight is 250 g/mol. The van der Waals surface area contributed by atoms with Crippen LogP contribution >= 0.6 is 0 Å². The monoisotopic (exact) mass is 250 g/mol. The van der Waals surface area contributed by atoms with Crippen molar-refractivity contribution in [1.82, 2.24) is 0 Å². The summed E-state index contributed by atoms with van der Waals surface area (Å²) in [4.78, 5) is 0. The van der Waals surface area contributed by atoms with E-state index in [1.165, 1.54) is 51.4 Å². The van der Waals surface area contributed by atoms with Crippen molar-refractivity contribution in [3.63, 3.8) is 0 Å². The first kappa shape index (κ1) is 13.0. The lowest BCUT2D eigenvalue weighted by molar-refractivity contribution is 0.0195. The Labute approximate surface area is 112 Å². The van der Waals surface area contributed by atoms with Crippen LogP contribution in [0.15, 0.2) is 0 Å². The van der Waals surface area contributed by atoms with Crippen LogP contribution in [0.4, 0.5) is 0 Å². The van der Waals surface area contributed by atoms with Gasteiger partial charge in [0.05, 0.1) is 6.10 Å². The van der Waals surface area contributed by atoms with E-state index >= 15 is 0 Å². The number of hydrogen-bond acceptors (Lipinski definition) is 1. The number of fused-ring (bicyclic) bond motifs is 1. The van der Waals surface area contributed by atoms with Crippen LogP contribution in [0.1, 0.15) is 71.1 Å². The maximum Gasteiger partial charge on any atom is 0.0543 e. The molecule has 0 heterocycles. The van der Waals surface area contributed by atoms with Crippen LogP contribution in [-0.4, -0.2) is 11.2 Å². The lowest BCUT2D eigenvalue weighted by Gasteiger charge is -2.44. The minimum absolute atomic E-state index is 0.0262. The molecule has 0 aromatic carbocycles. The largest absolute Gasteiger partial charge is 0.393 e. The van der Waals surface area contributed by atoms with E-state index in [0.717, 1.165) is 42.4 Å². The van der Waals surface area contributed by atoms with Crippen molar-refractivity contribution in [2.75, 3.05) is 0 Å². The SMILES string of the molecule is CC1CCC(C2CCC3CC(O)CCC3C2)CC1. The lowest BCUT2D eigenvalue weighted by atomic mass is 9.62. The summed E-state index contributed by atoms with van der Waals surface area (Å²) in [5.74, 6) is 4.91. The van der Waals surface area contributed by atoms with E-state index < -0.39 is 0 Å². The lowest BCUT2D eigenvalue weighted by Crippen LogP contribution is -2.35. The van der Waals surface area contributed by atoms with Crippen LogP contribution < -0.4 is 0 Å². The van der Waals surface area contributed by atoms with Gasteiger partial charge in [-0.1, -0.05) is 19.8 Å². The Morgan fingerprint density at radius 1 is 0.611 bits per heavy atom. The van der Waals surface area contributed by atoms with Crippen molar-refractivity contribution in [3.05, 3.63) is 0 Å². The summed E-state index contributed by atoms with van der Waals surface area (Å²) in [7, 11) is 0. The summed E-state index contributed by atoms with van der Waals surface area (Å²) in [6.07, 6.45) is 13.9. The standard InChI is InChI=1S/C17H30O/c1-12-2-4-13(5-3-12)14-6-7-16-11-17(18)9-8-15(16)10-14/h12-18H,2-11H2,1H3. The number of aliphatic hydroxyl groups is 1. The average Bonchev–Trinajstić information content (AvgIpc) is 2.39. The van der Waals surface area contributed by atoms with Crippen LogP contribution in [0.5, 0.6) is 0 Å². The van der Waals surface area contributed by atoms with Gasteiger partial charge in [-0.05, 0) is 81.0 Å². The molecule has 0 aromatic rings. The zero-order valence-electron chi connectivity index (χ0n) is 12.0. The molecule has 1 nitrogen and oxygen atoms in total. The second-order valence-electron chi connectivity index (χ2n) is 7.58. The summed E-state index contributed by atoms with van der Waals surface area (Å²) in [6, 6.07) is 0. The molecule has 4 unspecified atom stereocenters. The second-order valence-corrected chi connectivity index (χ2v) is 7.58. The molecule has 0 aliphatic heterocycles. The minimum Gasteiger partial charge on any atom is -0.393 e. The van der Waals surface area contributed by atoms with Gasteiger partial charge >= 0.3 is 0 Å². The van der Waals surface area contributed by atoms with E-state index in [-0.39, 0.29) is 6.10 Å². The van der Waals surface area contributed by atoms with E-state index in [1.807, 2.05) is 0 Å². The molecule has 3 fully saturated rings. The molecule has 4 atom stereocenters. The fourth-order valence-electron chi connectivity index (χ4n) is 5.09. The number of rotatable bonds is 1. The Kier molecular flexibility index (Phi) is 3.98. The number of hydrogen-bond donors (Lipinski definition) is 1. The third-order valence-corrected chi connectivity index (χ3v) is 6.35. The first-order chi connectivity index (χ1) is 8.72. The van der Waals surface area contributed by atoms with Gasteiger partial charge in [-0.15, -0.1) is 0 Å². The van der Waals surface area contributed by atoms with Gasteiger partial charge in [0.25, 0.3) is 0 Å². The van der Waals surface area contributed by atoms with Gasteiger partial charge < -0.3 is 5.11 Å². The highest BCUT2D eigenvalue weighted by atomic mass is 16.3. The minimum atomic E-state index is 0.0262. The summed E-state index contributed by atoms with van der Waals surface area (Å²) in [5, 5.41) is 9.79. The Bertz CT molecular complexity index is 264. The molecule has 1 heteroatoms. The van der Waals surface area contributed by atoms with E-state index in [2.05, 4.69) is 6.92 Å². The van der Waals surface area contributed by atoms with E-state index in [0.29, 0.717) is 0 Å². The second kappa shape index (κ2) is 5.53. The fraction of sp³-hybridized carbons (Fsp3) is 1.00. The quantitative estimate of drug-likeness (QED) is 0.732. The topological polar surface area (TPSA) is 20.2 Å². The fourth-order valence-corrected chi connectivity index (χ4v) is 5.09. The Hall–Kier alpha value is -0.0400. The summed E-state index contributed by atoms with van der Waals surface area (Å²) in [5.41, 5.74) is 0. The molecule has 3 aliphatic carbocycles. The van der Waals surface area contributed by atoms with E-state index in [9.17, 15) is 5.11 Å². The molecule has 0 saturated heterocycles. The molecule has 0 radical (unpaired) electrons. The van der Waals surface area contributed by atoms with Crippen molar-refractivity contribution in [1.29, 1.82) is 0 Å². The molecule has 18 heavy (non-hydrogen) atoms. The van der Waals surface area contributed by atoms with Crippen LogP contribution in [0.3, 0.4) is 0 Å². The van der Waals surface area contributed by atoms with Crippen molar-refractivity contribution in [2.45, 2.75) is 77.2 Å². The molecule has 0 spiro atoms. The molecule has 3 rings (SSSR count). The zero-order chi connectivity index (χ0) is 12.5. The van der Waals surface area contributed by atoms with Gasteiger partial charge in [0.2, 0.25) is 0 Å². The normalized spacial score (nSPS) is 49.7. The van der Waals surface area contributed by atoms with E-state index in [4.69, 9.17) is 0 Å². The predicted molar refractivity (Wildman–Crippen MR) is 75.3 cm³/mol. The molecular formula is C17H30O. The number of aliphatic hydroxyl groups excluding tert-OH is 1. The summed E-state index contributed by atoms with van der Waals surface area (Å²) in [6.45, 7) is 2.43. The molecule has 0 bridgehead atoms. The Morgan fingerprint density at radius 3 is 1.83 bits per heavy atom. The van der Waals surface area contributed by atoms with Crippen molar-refractivity contribution in [2.24, 2.45) is 29.6 Å². The van der Waals surface area contributed by atoms with Gasteiger partial charge in [-0.25, -0.2) is 0 Å². The van der Waals surface area contributed by atoms with Crippen LogP contribution in [-0.2, 0) is 0 Å². The highest BCUT2D eigenvalue weighted by molar-refractivity contribution is 4.89. The maximum atomic E-state index is 9.79. The Balaban J connectivity index is 1.54. The van der Waals surface area contributed by atoms with Gasteiger partial charge in [0, 0.05) is 0 Å². The third-order valence-electron chi connectivity index (χ3n) is 6.35. The van der Waals surface area contributed by atoms with E-state index in [1.54, 1.807) is 0 Å². The third kappa shape index (κ3) is 2.76. The van der Waals surface area contributed by atoms with Crippen LogP contribution in [0.25, 0.3) is 0 Å². The highest BCUT2D eigenvalue weighted by Crippen LogP contribution is 2.47. The predicted octanol–water partition coefficient (Wildman–Crippen LogP) is 4.39. The molecule has 0 aromatic heterocycles. The van der Waals surface area contributed by atoms with Gasteiger partial charge in [0.15, 0.2) is 0 Å². The first-order valence-corrected chi connectivity index (χ1v) is 8.40. The maximum absolute atomic E-state index is 9.79. The molecule has 0 amide bonds. The smallest absolute Gasteiger partial charge is 0.0543 e. The summed E-state index contributed by atoms with van der Waals surface area (Å²) < 4.78 is 0.